The van der Waals surface area contributed by atoms with Gasteiger partial charge in [-0.1, -0.05) is 56.9 Å². The molecule has 1 N–H and O–H groups in total. The summed E-state index contributed by atoms with van der Waals surface area (Å²) in [5.74, 6) is 0.859. The van der Waals surface area contributed by atoms with E-state index < -0.39 is 0 Å². The van der Waals surface area contributed by atoms with Gasteiger partial charge in [-0.2, -0.15) is 0 Å². The number of rotatable bonds is 9. The fourth-order valence-electron chi connectivity index (χ4n) is 2.75. The largest absolute Gasteiger partial charge is 0.310 e. The monoisotopic (exact) mass is 259 g/mol. The maximum absolute atomic E-state index is 3.70. The molecule has 1 aliphatic carbocycles. The lowest BCUT2D eigenvalue weighted by Crippen LogP contribution is -2.25. The van der Waals surface area contributed by atoms with Crippen molar-refractivity contribution in [3.8, 4) is 0 Å². The Morgan fingerprint density at radius 3 is 2.68 bits per heavy atom. The first-order valence-corrected chi connectivity index (χ1v) is 8.12. The molecule has 1 saturated carbocycles. The van der Waals surface area contributed by atoms with Crippen LogP contribution in [-0.4, -0.2) is 6.04 Å². The minimum absolute atomic E-state index is 0.643. The second kappa shape index (κ2) is 7.69. The molecule has 1 aromatic carbocycles. The van der Waals surface area contributed by atoms with Crippen molar-refractivity contribution in [2.24, 2.45) is 0 Å². The van der Waals surface area contributed by atoms with Gasteiger partial charge in [0.05, 0.1) is 0 Å². The van der Waals surface area contributed by atoms with Crippen molar-refractivity contribution in [1.29, 1.82) is 0 Å². The zero-order valence-electron chi connectivity index (χ0n) is 12.6. The summed E-state index contributed by atoms with van der Waals surface area (Å²) in [4.78, 5) is 0. The van der Waals surface area contributed by atoms with Crippen LogP contribution in [0.25, 0.3) is 0 Å². The summed E-state index contributed by atoms with van der Waals surface area (Å²) >= 11 is 0. The fraction of sp³-hybridized carbons (Fsp3) is 0.667. The summed E-state index contributed by atoms with van der Waals surface area (Å²) in [6, 6.07) is 9.62. The third kappa shape index (κ3) is 4.99. The van der Waals surface area contributed by atoms with E-state index in [1.54, 1.807) is 5.56 Å². The van der Waals surface area contributed by atoms with Crippen LogP contribution in [-0.2, 0) is 6.54 Å². The number of nitrogens with one attached hydrogen (secondary N) is 1. The standard InChI is InChI=1S/C18H29N/c1-3-4-5-6-9-15(2)19-14-17-10-7-8-11-18(17)16-12-13-16/h7-8,10-11,15-16,19H,3-6,9,12-14H2,1-2H3. The van der Waals surface area contributed by atoms with Gasteiger partial charge in [0, 0.05) is 12.6 Å². The van der Waals surface area contributed by atoms with Crippen molar-refractivity contribution < 1.29 is 0 Å². The summed E-state index contributed by atoms with van der Waals surface area (Å²) in [5, 5.41) is 3.70. The Morgan fingerprint density at radius 1 is 1.16 bits per heavy atom. The first kappa shape index (κ1) is 14.6. The molecule has 19 heavy (non-hydrogen) atoms. The molecule has 0 heterocycles. The molecule has 1 fully saturated rings. The van der Waals surface area contributed by atoms with Crippen LogP contribution >= 0.6 is 0 Å². The van der Waals surface area contributed by atoms with Crippen LogP contribution in [0.4, 0.5) is 0 Å². The molecular formula is C18H29N. The minimum Gasteiger partial charge on any atom is -0.310 e. The fourth-order valence-corrected chi connectivity index (χ4v) is 2.75. The Labute approximate surface area is 118 Å². The number of hydrogen-bond donors (Lipinski definition) is 1. The van der Waals surface area contributed by atoms with Crippen LogP contribution in [0.1, 0.15) is 75.8 Å². The van der Waals surface area contributed by atoms with Gasteiger partial charge in [-0.25, -0.2) is 0 Å². The van der Waals surface area contributed by atoms with Gasteiger partial charge in [-0.05, 0) is 43.2 Å². The second-order valence-corrected chi connectivity index (χ2v) is 6.10. The van der Waals surface area contributed by atoms with Crippen molar-refractivity contribution in [3.05, 3.63) is 35.4 Å². The van der Waals surface area contributed by atoms with Crippen LogP contribution in [0.5, 0.6) is 0 Å². The van der Waals surface area contributed by atoms with E-state index in [2.05, 4.69) is 43.4 Å². The molecule has 106 valence electrons. The van der Waals surface area contributed by atoms with E-state index in [1.807, 2.05) is 0 Å². The molecule has 1 aliphatic rings. The Balaban J connectivity index is 1.72. The maximum Gasteiger partial charge on any atom is 0.0210 e. The quantitative estimate of drug-likeness (QED) is 0.614. The van der Waals surface area contributed by atoms with Gasteiger partial charge in [-0.15, -0.1) is 0 Å². The van der Waals surface area contributed by atoms with E-state index in [1.165, 1.54) is 50.5 Å². The highest BCUT2D eigenvalue weighted by molar-refractivity contribution is 5.33. The number of hydrogen-bond acceptors (Lipinski definition) is 1. The lowest BCUT2D eigenvalue weighted by molar-refractivity contribution is 0.482. The molecule has 0 amide bonds. The average molecular weight is 259 g/mol. The van der Waals surface area contributed by atoms with Crippen molar-refractivity contribution in [3.63, 3.8) is 0 Å². The first-order chi connectivity index (χ1) is 9.31. The topological polar surface area (TPSA) is 12.0 Å². The van der Waals surface area contributed by atoms with Gasteiger partial charge in [0.2, 0.25) is 0 Å². The SMILES string of the molecule is CCCCCCC(C)NCc1ccccc1C1CC1. The van der Waals surface area contributed by atoms with Gasteiger partial charge in [0.15, 0.2) is 0 Å². The molecular weight excluding hydrogens is 230 g/mol. The smallest absolute Gasteiger partial charge is 0.0210 e. The normalized spacial score (nSPS) is 16.5. The van der Waals surface area contributed by atoms with Crippen molar-refractivity contribution >= 4 is 0 Å². The molecule has 0 aliphatic heterocycles. The van der Waals surface area contributed by atoms with Gasteiger partial charge in [-0.3, -0.25) is 0 Å². The molecule has 0 aromatic heterocycles. The molecule has 1 nitrogen and oxygen atoms in total. The highest BCUT2D eigenvalue weighted by Gasteiger charge is 2.25. The van der Waals surface area contributed by atoms with Crippen molar-refractivity contribution in [2.45, 2.75) is 77.3 Å². The summed E-state index contributed by atoms with van der Waals surface area (Å²) < 4.78 is 0. The summed E-state index contributed by atoms with van der Waals surface area (Å²) in [6.07, 6.45) is 9.57. The molecule has 1 aromatic rings. The van der Waals surface area contributed by atoms with Crippen LogP contribution in [0, 0.1) is 0 Å². The molecule has 1 heteroatoms. The predicted octanol–water partition coefficient (Wildman–Crippen LogP) is 5.01. The highest BCUT2D eigenvalue weighted by atomic mass is 14.9. The molecule has 1 unspecified atom stereocenters. The third-order valence-electron chi connectivity index (χ3n) is 4.20. The van der Waals surface area contributed by atoms with E-state index in [-0.39, 0.29) is 0 Å². The van der Waals surface area contributed by atoms with Crippen LogP contribution in [0.15, 0.2) is 24.3 Å². The van der Waals surface area contributed by atoms with Gasteiger partial charge in [0.25, 0.3) is 0 Å². The number of unbranched alkanes of at least 4 members (excludes halogenated alkanes) is 3. The molecule has 0 radical (unpaired) electrons. The van der Waals surface area contributed by atoms with Gasteiger partial charge in [0.1, 0.15) is 0 Å². The minimum atomic E-state index is 0.643. The Bertz CT molecular complexity index is 368. The zero-order chi connectivity index (χ0) is 13.5. The number of benzene rings is 1. The van der Waals surface area contributed by atoms with Crippen LogP contribution in [0.3, 0.4) is 0 Å². The Kier molecular flexibility index (Phi) is 5.91. The molecule has 0 spiro atoms. The molecule has 1 atom stereocenters. The molecule has 0 saturated heterocycles. The summed E-state index contributed by atoms with van der Waals surface area (Å²) in [6.45, 7) is 5.64. The van der Waals surface area contributed by atoms with Crippen LogP contribution in [0.2, 0.25) is 0 Å². The van der Waals surface area contributed by atoms with E-state index >= 15 is 0 Å². The zero-order valence-corrected chi connectivity index (χ0v) is 12.6. The van der Waals surface area contributed by atoms with Gasteiger partial charge < -0.3 is 5.32 Å². The summed E-state index contributed by atoms with van der Waals surface area (Å²) in [7, 11) is 0. The van der Waals surface area contributed by atoms with E-state index in [0.29, 0.717) is 6.04 Å². The maximum atomic E-state index is 3.70. The molecule has 0 bridgehead atoms. The lowest BCUT2D eigenvalue weighted by atomic mass is 10.0. The van der Waals surface area contributed by atoms with E-state index in [4.69, 9.17) is 0 Å². The third-order valence-corrected chi connectivity index (χ3v) is 4.20. The Morgan fingerprint density at radius 2 is 1.95 bits per heavy atom. The highest BCUT2D eigenvalue weighted by Crippen LogP contribution is 2.41. The first-order valence-electron chi connectivity index (χ1n) is 8.12. The van der Waals surface area contributed by atoms with Crippen molar-refractivity contribution in [2.75, 3.05) is 0 Å². The Hall–Kier alpha value is -0.820. The van der Waals surface area contributed by atoms with E-state index in [9.17, 15) is 0 Å². The summed E-state index contributed by atoms with van der Waals surface area (Å²) in [5.41, 5.74) is 3.11. The molecule has 2 rings (SSSR count). The van der Waals surface area contributed by atoms with Crippen molar-refractivity contribution in [1.82, 2.24) is 5.32 Å². The predicted molar refractivity (Wildman–Crippen MR) is 83.5 cm³/mol. The van der Waals surface area contributed by atoms with Crippen LogP contribution < -0.4 is 5.32 Å². The average Bonchev–Trinajstić information content (AvgIpc) is 3.26. The lowest BCUT2D eigenvalue weighted by Gasteiger charge is -2.15. The van der Waals surface area contributed by atoms with Gasteiger partial charge >= 0.3 is 0 Å². The second-order valence-electron chi connectivity index (χ2n) is 6.10. The van der Waals surface area contributed by atoms with E-state index in [0.717, 1.165) is 12.5 Å².